The molecular weight excluding hydrogens is 579 g/mol. The smallest absolute Gasteiger partial charge is 0.252 e. The van der Waals surface area contributed by atoms with Gasteiger partial charge in [0.15, 0.2) is 0 Å². The summed E-state index contributed by atoms with van der Waals surface area (Å²) in [6, 6.07) is 46.4. The zero-order chi connectivity index (χ0) is 32.6. The summed E-state index contributed by atoms with van der Waals surface area (Å²) < 4.78 is 0. The van der Waals surface area contributed by atoms with Gasteiger partial charge in [0.1, 0.15) is 0 Å². The predicted octanol–water partition coefficient (Wildman–Crippen LogP) is 10.6. The topological polar surface area (TPSA) is 6.48 Å². The van der Waals surface area contributed by atoms with E-state index in [0.29, 0.717) is 5.92 Å². The molecule has 0 spiro atoms. The number of rotatable bonds is 3. The molecule has 1 fully saturated rings. The maximum absolute atomic E-state index is 2.61. The Bertz CT molecular complexity index is 2190. The van der Waals surface area contributed by atoms with Gasteiger partial charge in [0.25, 0.3) is 6.71 Å². The summed E-state index contributed by atoms with van der Waals surface area (Å²) in [7, 11) is 0. The van der Waals surface area contributed by atoms with Crippen molar-refractivity contribution in [1.82, 2.24) is 0 Å². The summed E-state index contributed by atoms with van der Waals surface area (Å²) in [5.41, 5.74) is 16.1. The van der Waals surface area contributed by atoms with Crippen molar-refractivity contribution in [3.8, 4) is 0 Å². The lowest BCUT2D eigenvalue weighted by Gasteiger charge is -2.45. The van der Waals surface area contributed by atoms with E-state index in [-0.39, 0.29) is 12.1 Å². The van der Waals surface area contributed by atoms with Crippen LogP contribution in [0.15, 0.2) is 121 Å². The van der Waals surface area contributed by atoms with Crippen molar-refractivity contribution in [3.63, 3.8) is 0 Å². The normalized spacial score (nSPS) is 15.7. The van der Waals surface area contributed by atoms with E-state index < -0.39 is 0 Å². The average molecular weight is 623 g/mol. The van der Waals surface area contributed by atoms with Crippen molar-refractivity contribution in [1.29, 1.82) is 0 Å². The lowest BCUT2D eigenvalue weighted by atomic mass is 9.33. The largest absolute Gasteiger partial charge is 0.311 e. The van der Waals surface area contributed by atoms with Gasteiger partial charge < -0.3 is 9.80 Å². The second-order valence-electron chi connectivity index (χ2n) is 15.3. The van der Waals surface area contributed by atoms with Gasteiger partial charge in [0, 0.05) is 39.5 Å². The standard InChI is InChI=1S/C45H43BN2/c1-30-13-8-11-18-39(30)48-42-20-12-19-41-43(42)46(37-27-21-32-16-9-10-17-36(32)44(37)48)38-29-33(31-14-6-5-7-15-31)22-28-40(38)47(41)35-25-23-34(24-26-35)45(2,3)4/h8-13,16-29,31H,5-7,14-15H2,1-4H3. The first-order chi connectivity index (χ1) is 23.4. The molecule has 2 aliphatic heterocycles. The van der Waals surface area contributed by atoms with E-state index in [0.717, 1.165) is 0 Å². The van der Waals surface area contributed by atoms with Gasteiger partial charge in [0.05, 0.1) is 0 Å². The van der Waals surface area contributed by atoms with Crippen LogP contribution < -0.4 is 26.2 Å². The Morgan fingerprint density at radius 2 is 1.31 bits per heavy atom. The highest BCUT2D eigenvalue weighted by molar-refractivity contribution is 7.00. The number of para-hydroxylation sites is 1. The third-order valence-corrected chi connectivity index (χ3v) is 11.3. The number of anilines is 6. The number of nitrogens with zero attached hydrogens (tertiary/aromatic N) is 2. The molecule has 0 aromatic heterocycles. The van der Waals surface area contributed by atoms with Crippen LogP contribution in [0.25, 0.3) is 10.8 Å². The summed E-state index contributed by atoms with van der Waals surface area (Å²) in [4.78, 5) is 5.11. The van der Waals surface area contributed by atoms with Gasteiger partial charge in [-0.3, -0.25) is 0 Å². The van der Waals surface area contributed by atoms with E-state index in [1.807, 2.05) is 0 Å². The van der Waals surface area contributed by atoms with Gasteiger partial charge in [-0.25, -0.2) is 0 Å². The minimum Gasteiger partial charge on any atom is -0.311 e. The first kappa shape index (κ1) is 29.4. The summed E-state index contributed by atoms with van der Waals surface area (Å²) in [5.74, 6) is 0.642. The van der Waals surface area contributed by atoms with Crippen LogP contribution in [0.3, 0.4) is 0 Å². The molecule has 1 aliphatic carbocycles. The fourth-order valence-corrected chi connectivity index (χ4v) is 8.86. The molecule has 6 aromatic rings. The Morgan fingerprint density at radius 3 is 2.08 bits per heavy atom. The van der Waals surface area contributed by atoms with Gasteiger partial charge in [-0.05, 0) is 106 Å². The third-order valence-electron chi connectivity index (χ3n) is 11.3. The molecule has 2 heterocycles. The highest BCUT2D eigenvalue weighted by atomic mass is 15.2. The molecule has 0 unspecified atom stereocenters. The van der Waals surface area contributed by atoms with Crippen LogP contribution in [0.1, 0.15) is 75.5 Å². The third kappa shape index (κ3) is 4.54. The van der Waals surface area contributed by atoms with Crippen LogP contribution in [-0.2, 0) is 5.41 Å². The minimum atomic E-state index is 0.102. The van der Waals surface area contributed by atoms with Gasteiger partial charge in [-0.15, -0.1) is 0 Å². The Hall–Kier alpha value is -4.76. The highest BCUT2D eigenvalue weighted by Crippen LogP contribution is 2.47. The van der Waals surface area contributed by atoms with Crippen LogP contribution in [0, 0.1) is 6.92 Å². The van der Waals surface area contributed by atoms with Crippen molar-refractivity contribution in [3.05, 3.63) is 138 Å². The fourth-order valence-electron chi connectivity index (χ4n) is 8.86. The molecular formula is C45H43BN2. The lowest BCUT2D eigenvalue weighted by molar-refractivity contribution is 0.444. The maximum Gasteiger partial charge on any atom is 0.252 e. The molecule has 0 N–H and O–H groups in total. The fraction of sp³-hybridized carbons (Fsp3) is 0.244. The second-order valence-corrected chi connectivity index (χ2v) is 15.3. The first-order valence-corrected chi connectivity index (χ1v) is 17.9. The van der Waals surface area contributed by atoms with E-state index >= 15 is 0 Å². The lowest BCUT2D eigenvalue weighted by Crippen LogP contribution is -2.61. The molecule has 48 heavy (non-hydrogen) atoms. The molecule has 236 valence electrons. The number of aryl methyl sites for hydroxylation is 1. The molecule has 3 aliphatic rings. The number of fused-ring (bicyclic) bond motifs is 6. The molecule has 0 saturated heterocycles. The van der Waals surface area contributed by atoms with Crippen LogP contribution >= 0.6 is 0 Å². The Labute approximate surface area is 286 Å². The number of benzene rings is 6. The van der Waals surface area contributed by atoms with E-state index in [9.17, 15) is 0 Å². The highest BCUT2D eigenvalue weighted by Gasteiger charge is 2.44. The second kappa shape index (κ2) is 11.2. The maximum atomic E-state index is 2.61. The summed E-state index contributed by atoms with van der Waals surface area (Å²) >= 11 is 0. The van der Waals surface area contributed by atoms with E-state index in [2.05, 4.69) is 159 Å². The zero-order valence-corrected chi connectivity index (χ0v) is 28.6. The van der Waals surface area contributed by atoms with Crippen molar-refractivity contribution in [2.24, 2.45) is 0 Å². The molecule has 1 saturated carbocycles. The Balaban J connectivity index is 1.35. The van der Waals surface area contributed by atoms with Gasteiger partial charge in [-0.1, -0.05) is 125 Å². The predicted molar refractivity (Wildman–Crippen MR) is 207 cm³/mol. The molecule has 0 radical (unpaired) electrons. The van der Waals surface area contributed by atoms with Crippen LogP contribution in [-0.4, -0.2) is 6.71 Å². The summed E-state index contributed by atoms with van der Waals surface area (Å²) in [5, 5.41) is 2.58. The van der Waals surface area contributed by atoms with Gasteiger partial charge in [0.2, 0.25) is 0 Å². The minimum absolute atomic E-state index is 0.102. The number of hydrogen-bond donors (Lipinski definition) is 0. The van der Waals surface area contributed by atoms with Crippen LogP contribution in [0.2, 0.25) is 0 Å². The van der Waals surface area contributed by atoms with E-state index in [1.165, 1.54) is 110 Å². The van der Waals surface area contributed by atoms with Gasteiger partial charge >= 0.3 is 0 Å². The zero-order valence-electron chi connectivity index (χ0n) is 28.6. The van der Waals surface area contributed by atoms with Crippen molar-refractivity contribution in [2.75, 3.05) is 9.80 Å². The Morgan fingerprint density at radius 1 is 0.604 bits per heavy atom. The van der Waals surface area contributed by atoms with Crippen molar-refractivity contribution < 1.29 is 0 Å². The van der Waals surface area contributed by atoms with Crippen molar-refractivity contribution >= 4 is 68.0 Å². The molecule has 2 nitrogen and oxygen atoms in total. The number of hydrogen-bond acceptors (Lipinski definition) is 2. The van der Waals surface area contributed by atoms with E-state index in [1.54, 1.807) is 0 Å². The molecule has 0 bridgehead atoms. The molecule has 9 rings (SSSR count). The summed E-state index contributed by atoms with van der Waals surface area (Å²) in [6.07, 6.45) is 6.64. The first-order valence-electron chi connectivity index (χ1n) is 17.9. The Kier molecular flexibility index (Phi) is 6.83. The monoisotopic (exact) mass is 622 g/mol. The average Bonchev–Trinajstić information content (AvgIpc) is 3.12. The van der Waals surface area contributed by atoms with Crippen LogP contribution in [0.5, 0.6) is 0 Å². The van der Waals surface area contributed by atoms with Crippen LogP contribution in [0.4, 0.5) is 34.1 Å². The SMILES string of the molecule is Cc1ccccc1N1c2cccc3c2B(c2cc(C4CCCCC4)ccc2N3c2ccc(C(C)(C)C)cc2)c2ccc3ccccc3c21. The van der Waals surface area contributed by atoms with E-state index in [4.69, 9.17) is 0 Å². The van der Waals surface area contributed by atoms with Crippen molar-refractivity contribution in [2.45, 2.75) is 71.1 Å². The molecule has 0 atom stereocenters. The molecule has 0 amide bonds. The quantitative estimate of drug-likeness (QED) is 0.181. The summed E-state index contributed by atoms with van der Waals surface area (Å²) in [6.45, 7) is 9.27. The van der Waals surface area contributed by atoms with Gasteiger partial charge in [-0.2, -0.15) is 0 Å². The molecule has 6 aromatic carbocycles. The molecule has 3 heteroatoms.